The first-order valence-electron chi connectivity index (χ1n) is 8.51. The Kier molecular flexibility index (Phi) is 3.63. The minimum atomic E-state index is 0.0928. The highest BCUT2D eigenvalue weighted by Gasteiger charge is 2.30. The van der Waals surface area contributed by atoms with Gasteiger partial charge in [-0.25, -0.2) is 0 Å². The molecule has 0 unspecified atom stereocenters. The van der Waals surface area contributed by atoms with Crippen LogP contribution in [0.4, 0.5) is 0 Å². The van der Waals surface area contributed by atoms with Crippen LogP contribution in [-0.4, -0.2) is 38.2 Å². The molecule has 3 heterocycles. The van der Waals surface area contributed by atoms with Crippen LogP contribution in [-0.2, 0) is 6.54 Å². The molecule has 1 N–H and O–H groups in total. The number of aryl methyl sites for hydroxylation is 2. The maximum absolute atomic E-state index is 13.0. The summed E-state index contributed by atoms with van der Waals surface area (Å²) < 4.78 is 2.02. The van der Waals surface area contributed by atoms with E-state index >= 15 is 0 Å². The van der Waals surface area contributed by atoms with E-state index < -0.39 is 0 Å². The quantitative estimate of drug-likeness (QED) is 0.804. The molecule has 5 nitrogen and oxygen atoms in total. The molecule has 1 amide bonds. The van der Waals surface area contributed by atoms with Gasteiger partial charge in [-0.3, -0.25) is 9.48 Å². The second-order valence-electron chi connectivity index (χ2n) is 6.67. The largest absolute Gasteiger partial charge is 0.351 e. The third-order valence-corrected chi connectivity index (χ3v) is 4.89. The van der Waals surface area contributed by atoms with Crippen molar-refractivity contribution in [2.24, 2.45) is 0 Å². The third kappa shape index (κ3) is 2.60. The van der Waals surface area contributed by atoms with Gasteiger partial charge in [0, 0.05) is 23.1 Å². The van der Waals surface area contributed by atoms with Crippen LogP contribution in [0.15, 0.2) is 36.4 Å². The summed E-state index contributed by atoms with van der Waals surface area (Å²) in [5.74, 6) is 0.0928. The molecule has 0 radical (unpaired) electrons. The Bertz CT molecular complexity index is 859. The zero-order chi connectivity index (χ0) is 16.7. The van der Waals surface area contributed by atoms with E-state index in [4.69, 9.17) is 0 Å². The zero-order valence-corrected chi connectivity index (χ0v) is 14.1. The van der Waals surface area contributed by atoms with Crippen LogP contribution in [0.1, 0.15) is 34.7 Å². The lowest BCUT2D eigenvalue weighted by atomic mass is 10.2. The number of rotatable bonds is 3. The van der Waals surface area contributed by atoms with E-state index in [1.165, 1.54) is 0 Å². The van der Waals surface area contributed by atoms with Gasteiger partial charge in [-0.05, 0) is 44.9 Å². The Morgan fingerprint density at radius 1 is 1.29 bits per heavy atom. The van der Waals surface area contributed by atoms with Crippen molar-refractivity contribution >= 4 is 16.8 Å². The van der Waals surface area contributed by atoms with Crippen molar-refractivity contribution in [1.82, 2.24) is 19.7 Å². The summed E-state index contributed by atoms with van der Waals surface area (Å²) in [6.45, 7) is 5.66. The number of nitrogens with zero attached hydrogens (tertiary/aromatic N) is 3. The lowest BCUT2D eigenvalue weighted by Gasteiger charge is -2.24. The van der Waals surface area contributed by atoms with Gasteiger partial charge < -0.3 is 9.88 Å². The predicted octanol–water partition coefficient (Wildman–Crippen LogP) is 3.29. The Labute approximate surface area is 141 Å². The monoisotopic (exact) mass is 322 g/mol. The fourth-order valence-electron chi connectivity index (χ4n) is 3.70. The average molecular weight is 322 g/mol. The number of aromatic nitrogens is 3. The van der Waals surface area contributed by atoms with E-state index in [-0.39, 0.29) is 11.9 Å². The molecule has 124 valence electrons. The molecule has 1 aliphatic rings. The fraction of sp³-hybridized carbons (Fsp3) is 0.368. The minimum absolute atomic E-state index is 0.0928. The van der Waals surface area contributed by atoms with Gasteiger partial charge in [0.05, 0.1) is 18.3 Å². The van der Waals surface area contributed by atoms with Gasteiger partial charge in [0.25, 0.3) is 5.91 Å². The van der Waals surface area contributed by atoms with Crippen molar-refractivity contribution in [2.75, 3.05) is 6.54 Å². The molecule has 5 heteroatoms. The topological polar surface area (TPSA) is 53.9 Å². The number of aromatic amines is 1. The molecule has 3 aromatic rings. The van der Waals surface area contributed by atoms with Crippen molar-refractivity contribution in [1.29, 1.82) is 0 Å². The van der Waals surface area contributed by atoms with Gasteiger partial charge in [-0.2, -0.15) is 5.10 Å². The number of likely N-dealkylation sites (tertiary alicyclic amines) is 1. The van der Waals surface area contributed by atoms with Crippen LogP contribution in [0.2, 0.25) is 0 Å². The Morgan fingerprint density at radius 3 is 2.88 bits per heavy atom. The number of carbonyl (C=O) groups is 1. The summed E-state index contributed by atoms with van der Waals surface area (Å²) in [4.78, 5) is 18.2. The summed E-state index contributed by atoms with van der Waals surface area (Å²) in [7, 11) is 0. The summed E-state index contributed by atoms with van der Waals surface area (Å²) >= 11 is 0. The van der Waals surface area contributed by atoms with E-state index in [0.29, 0.717) is 5.69 Å². The number of para-hydroxylation sites is 1. The standard InChI is InChI=1S/C19H22N4O/c1-13-10-14(2)23(21-13)12-16-7-5-9-22(16)19(24)18-11-15-6-3-4-8-17(15)20-18/h3-4,6,8,10-11,16,20H,5,7,9,12H2,1-2H3/t16-/m0/s1. The average Bonchev–Trinajstić information content (AvgIpc) is 3.26. The zero-order valence-electron chi connectivity index (χ0n) is 14.1. The molecule has 2 aromatic heterocycles. The maximum atomic E-state index is 13.0. The molecule has 24 heavy (non-hydrogen) atoms. The van der Waals surface area contributed by atoms with E-state index in [9.17, 15) is 4.79 Å². The Balaban J connectivity index is 1.57. The molecule has 0 spiro atoms. The van der Waals surface area contributed by atoms with Crippen LogP contribution in [0, 0.1) is 13.8 Å². The number of hydrogen-bond donors (Lipinski definition) is 1. The van der Waals surface area contributed by atoms with Crippen molar-refractivity contribution < 1.29 is 4.79 Å². The first-order chi connectivity index (χ1) is 11.6. The molecular weight excluding hydrogens is 300 g/mol. The highest BCUT2D eigenvalue weighted by Crippen LogP contribution is 2.23. The molecule has 1 aliphatic heterocycles. The van der Waals surface area contributed by atoms with E-state index in [2.05, 4.69) is 23.1 Å². The first kappa shape index (κ1) is 15.0. The second-order valence-corrected chi connectivity index (χ2v) is 6.67. The van der Waals surface area contributed by atoms with Crippen LogP contribution in [0.5, 0.6) is 0 Å². The predicted molar refractivity (Wildman–Crippen MR) is 94.1 cm³/mol. The normalized spacial score (nSPS) is 17.8. The van der Waals surface area contributed by atoms with Crippen LogP contribution in [0.25, 0.3) is 10.9 Å². The number of hydrogen-bond acceptors (Lipinski definition) is 2. The molecule has 1 fully saturated rings. The van der Waals surface area contributed by atoms with E-state index in [1.807, 2.05) is 46.8 Å². The first-order valence-corrected chi connectivity index (χ1v) is 8.51. The maximum Gasteiger partial charge on any atom is 0.270 e. The highest BCUT2D eigenvalue weighted by molar-refractivity contribution is 5.98. The molecule has 1 aromatic carbocycles. The summed E-state index contributed by atoms with van der Waals surface area (Å²) in [5, 5.41) is 5.62. The Hall–Kier alpha value is -2.56. The number of nitrogens with one attached hydrogen (secondary N) is 1. The molecule has 0 bridgehead atoms. The number of benzene rings is 1. The molecule has 0 saturated carbocycles. The van der Waals surface area contributed by atoms with Crippen molar-refractivity contribution in [3.63, 3.8) is 0 Å². The summed E-state index contributed by atoms with van der Waals surface area (Å²) in [5.41, 5.74) is 3.86. The third-order valence-electron chi connectivity index (χ3n) is 4.89. The van der Waals surface area contributed by atoms with E-state index in [1.54, 1.807) is 0 Å². The van der Waals surface area contributed by atoms with Crippen molar-refractivity contribution in [2.45, 2.75) is 39.3 Å². The van der Waals surface area contributed by atoms with Crippen molar-refractivity contribution in [3.8, 4) is 0 Å². The Morgan fingerprint density at radius 2 is 2.12 bits per heavy atom. The molecule has 4 rings (SSSR count). The molecule has 0 aliphatic carbocycles. The van der Waals surface area contributed by atoms with Gasteiger partial charge in [0.2, 0.25) is 0 Å². The highest BCUT2D eigenvalue weighted by atomic mass is 16.2. The SMILES string of the molecule is Cc1cc(C)n(C[C@@H]2CCCN2C(=O)c2cc3ccccc3[nH]2)n1. The summed E-state index contributed by atoms with van der Waals surface area (Å²) in [6, 6.07) is 12.3. The fourth-order valence-corrected chi connectivity index (χ4v) is 3.70. The van der Waals surface area contributed by atoms with E-state index in [0.717, 1.165) is 48.2 Å². The lowest BCUT2D eigenvalue weighted by molar-refractivity contribution is 0.0716. The van der Waals surface area contributed by atoms with Gasteiger partial charge in [-0.15, -0.1) is 0 Å². The number of H-pyrrole nitrogens is 1. The van der Waals surface area contributed by atoms with Gasteiger partial charge >= 0.3 is 0 Å². The molecule has 1 saturated heterocycles. The van der Waals surface area contributed by atoms with Crippen molar-refractivity contribution in [3.05, 3.63) is 53.5 Å². The smallest absolute Gasteiger partial charge is 0.270 e. The summed E-state index contributed by atoms with van der Waals surface area (Å²) in [6.07, 6.45) is 2.08. The number of carbonyl (C=O) groups excluding carboxylic acids is 1. The number of fused-ring (bicyclic) bond motifs is 1. The lowest BCUT2D eigenvalue weighted by Crippen LogP contribution is -2.38. The van der Waals surface area contributed by atoms with Gasteiger partial charge in [0.15, 0.2) is 0 Å². The van der Waals surface area contributed by atoms with Crippen LogP contribution in [0.3, 0.4) is 0 Å². The van der Waals surface area contributed by atoms with Gasteiger partial charge in [-0.1, -0.05) is 18.2 Å². The second kappa shape index (κ2) is 5.82. The van der Waals surface area contributed by atoms with Crippen LogP contribution >= 0.6 is 0 Å². The molecular formula is C19H22N4O. The van der Waals surface area contributed by atoms with Gasteiger partial charge in [0.1, 0.15) is 5.69 Å². The molecule has 1 atom stereocenters. The van der Waals surface area contributed by atoms with Crippen LogP contribution < -0.4 is 0 Å². The number of amides is 1. The minimum Gasteiger partial charge on any atom is -0.351 e.